The summed E-state index contributed by atoms with van der Waals surface area (Å²) in [6, 6.07) is 6.21. The van der Waals surface area contributed by atoms with E-state index in [0.29, 0.717) is 18.1 Å². The molecule has 5 nitrogen and oxygen atoms in total. The number of benzene rings is 1. The molecule has 6 heteroatoms. The normalized spacial score (nSPS) is 13.5. The Kier molecular flexibility index (Phi) is 5.78. The third-order valence-electron chi connectivity index (χ3n) is 2.60. The van der Waals surface area contributed by atoms with Crippen molar-refractivity contribution in [3.05, 3.63) is 24.3 Å². The summed E-state index contributed by atoms with van der Waals surface area (Å²) in [6.45, 7) is 3.96. The van der Waals surface area contributed by atoms with Crippen molar-refractivity contribution in [3.8, 4) is 5.75 Å². The van der Waals surface area contributed by atoms with E-state index in [1.807, 2.05) is 13.8 Å². The number of nitrogens with one attached hydrogen (secondary N) is 1. The zero-order valence-electron chi connectivity index (χ0n) is 11.5. The van der Waals surface area contributed by atoms with Crippen LogP contribution in [0.5, 0.6) is 5.75 Å². The van der Waals surface area contributed by atoms with E-state index in [1.165, 1.54) is 19.2 Å². The molecule has 0 spiro atoms. The van der Waals surface area contributed by atoms with Gasteiger partial charge in [0, 0.05) is 12.6 Å². The van der Waals surface area contributed by atoms with Gasteiger partial charge in [-0.3, -0.25) is 0 Å². The number of aliphatic hydroxyl groups is 1. The molecule has 2 N–H and O–H groups in total. The van der Waals surface area contributed by atoms with Crippen molar-refractivity contribution < 1.29 is 18.3 Å². The summed E-state index contributed by atoms with van der Waals surface area (Å²) in [4.78, 5) is 0.128. The van der Waals surface area contributed by atoms with Gasteiger partial charge in [0.05, 0.1) is 18.1 Å². The van der Waals surface area contributed by atoms with E-state index >= 15 is 0 Å². The second kappa shape index (κ2) is 6.88. The minimum atomic E-state index is -3.61. The largest absolute Gasteiger partial charge is 0.497 e. The smallest absolute Gasteiger partial charge is 0.240 e. The standard InChI is InChI=1S/C13H21NO4S/c1-10(2)7-11(15)9-14-19(16,17)13-6-4-5-12(8-13)18-3/h4-6,8,10-11,14-15H,7,9H2,1-3H3. The van der Waals surface area contributed by atoms with Gasteiger partial charge in [0.2, 0.25) is 10.0 Å². The number of rotatable bonds is 7. The third kappa shape index (κ3) is 5.18. The van der Waals surface area contributed by atoms with Crippen LogP contribution in [0.2, 0.25) is 0 Å². The predicted octanol–water partition coefficient (Wildman–Crippen LogP) is 1.38. The van der Waals surface area contributed by atoms with Crippen LogP contribution < -0.4 is 9.46 Å². The van der Waals surface area contributed by atoms with Crippen LogP contribution in [0.25, 0.3) is 0 Å². The number of methoxy groups -OCH3 is 1. The van der Waals surface area contributed by atoms with Crippen molar-refractivity contribution in [3.63, 3.8) is 0 Å². The lowest BCUT2D eigenvalue weighted by atomic mass is 10.1. The van der Waals surface area contributed by atoms with Crippen LogP contribution in [0.15, 0.2) is 29.2 Å². The van der Waals surface area contributed by atoms with Gasteiger partial charge >= 0.3 is 0 Å². The lowest BCUT2D eigenvalue weighted by molar-refractivity contribution is 0.152. The van der Waals surface area contributed by atoms with Gasteiger partial charge in [-0.1, -0.05) is 19.9 Å². The Bertz CT molecular complexity index is 499. The molecular formula is C13H21NO4S. The minimum absolute atomic E-state index is 0.0116. The van der Waals surface area contributed by atoms with Crippen LogP contribution in [-0.2, 0) is 10.0 Å². The van der Waals surface area contributed by atoms with Crippen molar-refractivity contribution in [1.29, 1.82) is 0 Å². The fraction of sp³-hybridized carbons (Fsp3) is 0.538. The maximum Gasteiger partial charge on any atom is 0.240 e. The van der Waals surface area contributed by atoms with Gasteiger partial charge in [0.25, 0.3) is 0 Å². The maximum absolute atomic E-state index is 12.0. The summed E-state index contributed by atoms with van der Waals surface area (Å²) in [5.41, 5.74) is 0. The molecule has 0 saturated carbocycles. The van der Waals surface area contributed by atoms with Crippen LogP contribution in [0.1, 0.15) is 20.3 Å². The molecule has 0 bridgehead atoms. The summed E-state index contributed by atoms with van der Waals surface area (Å²) in [6.07, 6.45) is -0.124. The van der Waals surface area contributed by atoms with Crippen molar-refractivity contribution in [2.45, 2.75) is 31.3 Å². The zero-order valence-corrected chi connectivity index (χ0v) is 12.3. The van der Waals surface area contributed by atoms with Crippen LogP contribution in [0.4, 0.5) is 0 Å². The number of hydrogen-bond acceptors (Lipinski definition) is 4. The summed E-state index contributed by atoms with van der Waals surface area (Å²) >= 11 is 0. The van der Waals surface area contributed by atoms with Crippen LogP contribution in [0.3, 0.4) is 0 Å². The second-order valence-corrected chi connectivity index (χ2v) is 6.58. The average Bonchev–Trinajstić information content (AvgIpc) is 2.36. The van der Waals surface area contributed by atoms with E-state index in [2.05, 4.69) is 4.72 Å². The van der Waals surface area contributed by atoms with E-state index in [0.717, 1.165) is 0 Å². The first kappa shape index (κ1) is 15.9. The van der Waals surface area contributed by atoms with Gasteiger partial charge in [0.15, 0.2) is 0 Å². The monoisotopic (exact) mass is 287 g/mol. The Morgan fingerprint density at radius 3 is 2.63 bits per heavy atom. The van der Waals surface area contributed by atoms with E-state index in [1.54, 1.807) is 12.1 Å². The molecule has 1 aromatic carbocycles. The van der Waals surface area contributed by atoms with Crippen molar-refractivity contribution in [1.82, 2.24) is 4.72 Å². The molecule has 0 heterocycles. The van der Waals surface area contributed by atoms with Gasteiger partial charge in [0.1, 0.15) is 5.75 Å². The van der Waals surface area contributed by atoms with E-state index in [4.69, 9.17) is 4.74 Å². The van der Waals surface area contributed by atoms with E-state index in [-0.39, 0.29) is 11.4 Å². The Morgan fingerprint density at radius 1 is 1.37 bits per heavy atom. The first-order valence-electron chi connectivity index (χ1n) is 6.17. The van der Waals surface area contributed by atoms with Gasteiger partial charge in [-0.25, -0.2) is 13.1 Å². The molecule has 1 atom stereocenters. The first-order chi connectivity index (χ1) is 8.85. The van der Waals surface area contributed by atoms with Crippen molar-refractivity contribution in [2.75, 3.05) is 13.7 Å². The average molecular weight is 287 g/mol. The van der Waals surface area contributed by atoms with Gasteiger partial charge in [-0.2, -0.15) is 0 Å². The molecular weight excluding hydrogens is 266 g/mol. The first-order valence-corrected chi connectivity index (χ1v) is 7.65. The highest BCUT2D eigenvalue weighted by molar-refractivity contribution is 7.89. The fourth-order valence-electron chi connectivity index (χ4n) is 1.69. The Labute approximate surface area is 114 Å². The molecule has 0 radical (unpaired) electrons. The van der Waals surface area contributed by atoms with Crippen LogP contribution in [-0.4, -0.2) is 33.3 Å². The summed E-state index contributed by atoms with van der Waals surface area (Å²) < 4.78 is 31.4. The maximum atomic E-state index is 12.0. The van der Waals surface area contributed by atoms with Crippen molar-refractivity contribution >= 4 is 10.0 Å². The molecule has 0 amide bonds. The molecule has 1 aromatic rings. The predicted molar refractivity (Wildman–Crippen MR) is 73.6 cm³/mol. The SMILES string of the molecule is COc1cccc(S(=O)(=O)NCC(O)CC(C)C)c1. The summed E-state index contributed by atoms with van der Waals surface area (Å²) in [5.74, 6) is 0.793. The number of ether oxygens (including phenoxy) is 1. The van der Waals surface area contributed by atoms with Crippen LogP contribution in [0, 0.1) is 5.92 Å². The third-order valence-corrected chi connectivity index (χ3v) is 4.03. The molecule has 108 valence electrons. The highest BCUT2D eigenvalue weighted by atomic mass is 32.2. The Morgan fingerprint density at radius 2 is 2.05 bits per heavy atom. The molecule has 1 rings (SSSR count). The molecule has 0 aromatic heterocycles. The summed E-state index contributed by atoms with van der Waals surface area (Å²) in [7, 11) is -2.14. The Balaban J connectivity index is 2.70. The zero-order chi connectivity index (χ0) is 14.5. The quantitative estimate of drug-likeness (QED) is 0.794. The highest BCUT2D eigenvalue weighted by Crippen LogP contribution is 2.16. The molecule has 0 fully saturated rings. The van der Waals surface area contributed by atoms with Crippen molar-refractivity contribution in [2.24, 2.45) is 5.92 Å². The topological polar surface area (TPSA) is 75.6 Å². The molecule has 1 unspecified atom stereocenters. The lowest BCUT2D eigenvalue weighted by Crippen LogP contribution is -2.32. The fourth-order valence-corrected chi connectivity index (χ4v) is 2.79. The molecule has 0 aliphatic rings. The minimum Gasteiger partial charge on any atom is -0.497 e. The lowest BCUT2D eigenvalue weighted by Gasteiger charge is -2.14. The van der Waals surface area contributed by atoms with E-state index in [9.17, 15) is 13.5 Å². The molecule has 19 heavy (non-hydrogen) atoms. The number of hydrogen-bond donors (Lipinski definition) is 2. The van der Waals surface area contributed by atoms with E-state index < -0.39 is 16.1 Å². The highest BCUT2D eigenvalue weighted by Gasteiger charge is 2.16. The molecule has 0 aliphatic heterocycles. The Hall–Kier alpha value is -1.11. The summed E-state index contributed by atoms with van der Waals surface area (Å²) in [5, 5.41) is 9.68. The number of sulfonamides is 1. The van der Waals surface area contributed by atoms with Crippen LogP contribution >= 0.6 is 0 Å². The van der Waals surface area contributed by atoms with Gasteiger partial charge < -0.3 is 9.84 Å². The van der Waals surface area contributed by atoms with Gasteiger partial charge in [-0.05, 0) is 24.5 Å². The van der Waals surface area contributed by atoms with Gasteiger partial charge in [-0.15, -0.1) is 0 Å². The second-order valence-electron chi connectivity index (χ2n) is 4.81. The molecule has 0 aliphatic carbocycles. The number of aliphatic hydroxyl groups excluding tert-OH is 1. The molecule has 0 saturated heterocycles.